The van der Waals surface area contributed by atoms with Crippen molar-refractivity contribution in [3.05, 3.63) is 84.4 Å². The predicted octanol–water partition coefficient (Wildman–Crippen LogP) is 2.92. The molecule has 0 amide bonds. The molecule has 23 heavy (non-hydrogen) atoms. The normalized spacial score (nSPS) is 17.0. The average Bonchev–Trinajstić information content (AvgIpc) is 3.07. The predicted molar refractivity (Wildman–Crippen MR) is 91.1 cm³/mol. The number of para-hydroxylation sites is 1. The van der Waals surface area contributed by atoms with Crippen molar-refractivity contribution in [3.8, 4) is 0 Å². The lowest BCUT2D eigenvalue weighted by Crippen LogP contribution is -2.25. The molecule has 0 fully saturated rings. The third kappa shape index (κ3) is 2.42. The highest BCUT2D eigenvalue weighted by atomic mass is 15.2. The van der Waals surface area contributed by atoms with E-state index >= 15 is 0 Å². The van der Waals surface area contributed by atoms with Gasteiger partial charge in [0.25, 0.3) is 0 Å². The van der Waals surface area contributed by atoms with Gasteiger partial charge in [-0.25, -0.2) is 9.98 Å². The van der Waals surface area contributed by atoms with E-state index in [9.17, 15) is 0 Å². The Morgan fingerprint density at radius 2 is 1.74 bits per heavy atom. The molecule has 0 saturated heterocycles. The Hall–Kier alpha value is -3.21. The molecule has 2 heterocycles. The van der Waals surface area contributed by atoms with Crippen LogP contribution in [0.25, 0.3) is 0 Å². The summed E-state index contributed by atoms with van der Waals surface area (Å²) in [6.07, 6.45) is 4.85. The van der Waals surface area contributed by atoms with Gasteiger partial charge in [0.05, 0.1) is 17.7 Å². The molecule has 1 aliphatic rings. The minimum atomic E-state index is -0.403. The first-order valence-electron chi connectivity index (χ1n) is 7.37. The summed E-state index contributed by atoms with van der Waals surface area (Å²) in [6.45, 7) is 0. The quantitative estimate of drug-likeness (QED) is 0.790. The molecule has 2 N–H and O–H groups in total. The van der Waals surface area contributed by atoms with E-state index in [0.717, 1.165) is 22.5 Å². The topological polar surface area (TPSA) is 68.6 Å². The lowest BCUT2D eigenvalue weighted by atomic mass is 10.0. The standard InChI is InChI=1S/C18H15N5/c19-17-18(23-11-10-20-12-23)22-16(13-6-2-1-3-7-13)14-8-4-5-9-15(14)21-17/h1-12,18H,(H2,19,21). The van der Waals surface area contributed by atoms with Gasteiger partial charge in [0.1, 0.15) is 5.84 Å². The summed E-state index contributed by atoms with van der Waals surface area (Å²) in [6, 6.07) is 18.0. The lowest BCUT2D eigenvalue weighted by Gasteiger charge is -2.14. The second-order valence-electron chi connectivity index (χ2n) is 5.28. The highest BCUT2D eigenvalue weighted by Crippen LogP contribution is 2.28. The number of fused-ring (bicyclic) bond motifs is 1. The molecule has 1 aliphatic heterocycles. The van der Waals surface area contributed by atoms with Crippen molar-refractivity contribution in [2.75, 3.05) is 0 Å². The molecule has 0 bridgehead atoms. The average molecular weight is 301 g/mol. The number of rotatable bonds is 2. The van der Waals surface area contributed by atoms with E-state index in [0.29, 0.717) is 5.84 Å². The van der Waals surface area contributed by atoms with E-state index in [1.165, 1.54) is 0 Å². The summed E-state index contributed by atoms with van der Waals surface area (Å²) in [4.78, 5) is 13.6. The Labute approximate surface area is 133 Å². The van der Waals surface area contributed by atoms with Gasteiger partial charge in [-0.1, -0.05) is 48.5 Å². The molecule has 4 rings (SSSR count). The molecule has 3 aromatic rings. The molecule has 0 saturated carbocycles. The maximum atomic E-state index is 6.22. The monoisotopic (exact) mass is 301 g/mol. The Kier molecular flexibility index (Phi) is 3.24. The molecule has 0 spiro atoms. The highest BCUT2D eigenvalue weighted by molar-refractivity contribution is 6.17. The maximum absolute atomic E-state index is 6.22. The summed E-state index contributed by atoms with van der Waals surface area (Å²) in [7, 11) is 0. The maximum Gasteiger partial charge on any atom is 0.184 e. The van der Waals surface area contributed by atoms with E-state index in [2.05, 4.69) is 9.98 Å². The molecule has 1 aromatic heterocycles. The number of aromatic nitrogens is 2. The zero-order chi connectivity index (χ0) is 15.6. The van der Waals surface area contributed by atoms with Crippen LogP contribution in [-0.4, -0.2) is 21.1 Å². The SMILES string of the molecule is NC1=Nc2ccccc2C(c2ccccc2)=NC1n1ccnc1. The van der Waals surface area contributed by atoms with Crippen molar-refractivity contribution in [1.29, 1.82) is 0 Å². The van der Waals surface area contributed by atoms with Gasteiger partial charge >= 0.3 is 0 Å². The second kappa shape index (κ2) is 5.53. The minimum absolute atomic E-state index is 0.403. The third-order valence-electron chi connectivity index (χ3n) is 3.78. The number of amidine groups is 1. The molecule has 5 nitrogen and oxygen atoms in total. The van der Waals surface area contributed by atoms with Crippen LogP contribution in [-0.2, 0) is 0 Å². The van der Waals surface area contributed by atoms with E-state index < -0.39 is 6.17 Å². The van der Waals surface area contributed by atoms with Gasteiger partial charge in [0.2, 0.25) is 0 Å². The van der Waals surface area contributed by atoms with Crippen molar-refractivity contribution >= 4 is 17.2 Å². The van der Waals surface area contributed by atoms with Gasteiger partial charge in [0, 0.05) is 23.5 Å². The van der Waals surface area contributed by atoms with Crippen LogP contribution < -0.4 is 5.73 Å². The van der Waals surface area contributed by atoms with Gasteiger partial charge in [0.15, 0.2) is 6.17 Å². The smallest absolute Gasteiger partial charge is 0.184 e. The van der Waals surface area contributed by atoms with Crippen molar-refractivity contribution in [2.24, 2.45) is 15.7 Å². The molecule has 5 heteroatoms. The first kappa shape index (κ1) is 13.5. The van der Waals surface area contributed by atoms with Crippen LogP contribution in [0.2, 0.25) is 0 Å². The molecule has 0 aliphatic carbocycles. The van der Waals surface area contributed by atoms with Crippen LogP contribution in [0.1, 0.15) is 17.3 Å². The number of nitrogens with two attached hydrogens (primary N) is 1. The van der Waals surface area contributed by atoms with E-state index in [1.54, 1.807) is 12.5 Å². The fourth-order valence-corrected chi connectivity index (χ4v) is 2.69. The number of aliphatic imine (C=N–C) groups is 2. The Morgan fingerprint density at radius 3 is 2.52 bits per heavy atom. The number of imidazole rings is 1. The summed E-state index contributed by atoms with van der Waals surface area (Å²) in [5.74, 6) is 0.446. The fraction of sp³-hybridized carbons (Fsp3) is 0.0556. The van der Waals surface area contributed by atoms with Crippen molar-refractivity contribution in [3.63, 3.8) is 0 Å². The van der Waals surface area contributed by atoms with E-state index in [1.807, 2.05) is 65.4 Å². The van der Waals surface area contributed by atoms with E-state index in [4.69, 9.17) is 10.7 Å². The van der Waals surface area contributed by atoms with Crippen LogP contribution in [0, 0.1) is 0 Å². The highest BCUT2D eigenvalue weighted by Gasteiger charge is 2.22. The molecular formula is C18H15N5. The Bertz CT molecular complexity index is 879. The van der Waals surface area contributed by atoms with Crippen LogP contribution in [0.5, 0.6) is 0 Å². The molecule has 112 valence electrons. The molecule has 1 atom stereocenters. The molecule has 2 aromatic carbocycles. The molecule has 0 radical (unpaired) electrons. The second-order valence-corrected chi connectivity index (χ2v) is 5.28. The van der Waals surface area contributed by atoms with Crippen molar-refractivity contribution in [1.82, 2.24) is 9.55 Å². The Morgan fingerprint density at radius 1 is 0.957 bits per heavy atom. The molecular weight excluding hydrogens is 286 g/mol. The van der Waals surface area contributed by atoms with Gasteiger partial charge in [-0.05, 0) is 6.07 Å². The number of benzene rings is 2. The van der Waals surface area contributed by atoms with Gasteiger partial charge in [-0.2, -0.15) is 0 Å². The zero-order valence-electron chi connectivity index (χ0n) is 12.4. The summed E-state index contributed by atoms with van der Waals surface area (Å²) >= 11 is 0. The zero-order valence-corrected chi connectivity index (χ0v) is 12.4. The molecule has 1 unspecified atom stereocenters. The first-order valence-corrected chi connectivity index (χ1v) is 7.37. The number of hydrogen-bond acceptors (Lipinski definition) is 4. The lowest BCUT2D eigenvalue weighted by molar-refractivity contribution is 0.664. The minimum Gasteiger partial charge on any atom is -0.384 e. The van der Waals surface area contributed by atoms with Crippen molar-refractivity contribution < 1.29 is 0 Å². The fourth-order valence-electron chi connectivity index (χ4n) is 2.69. The van der Waals surface area contributed by atoms with Crippen LogP contribution in [0.15, 0.2) is 83.3 Å². The first-order chi connectivity index (χ1) is 11.3. The van der Waals surface area contributed by atoms with Crippen LogP contribution >= 0.6 is 0 Å². The summed E-state index contributed by atoms with van der Waals surface area (Å²) in [5, 5.41) is 0. The van der Waals surface area contributed by atoms with E-state index in [-0.39, 0.29) is 0 Å². The largest absolute Gasteiger partial charge is 0.384 e. The van der Waals surface area contributed by atoms with Gasteiger partial charge in [-0.3, -0.25) is 4.99 Å². The Balaban J connectivity index is 1.95. The van der Waals surface area contributed by atoms with Gasteiger partial charge in [-0.15, -0.1) is 0 Å². The summed E-state index contributed by atoms with van der Waals surface area (Å²) < 4.78 is 1.85. The number of nitrogens with zero attached hydrogens (tertiary/aromatic N) is 4. The summed E-state index contributed by atoms with van der Waals surface area (Å²) in [5.41, 5.74) is 9.94. The van der Waals surface area contributed by atoms with Crippen LogP contribution in [0.3, 0.4) is 0 Å². The van der Waals surface area contributed by atoms with Crippen LogP contribution in [0.4, 0.5) is 5.69 Å². The van der Waals surface area contributed by atoms with Gasteiger partial charge < -0.3 is 10.3 Å². The third-order valence-corrected chi connectivity index (χ3v) is 3.78. The number of hydrogen-bond donors (Lipinski definition) is 1. The van der Waals surface area contributed by atoms with Crippen molar-refractivity contribution in [2.45, 2.75) is 6.17 Å².